The Morgan fingerprint density at radius 2 is 1.76 bits per heavy atom. The third-order valence-corrected chi connectivity index (χ3v) is 8.51. The standard InChI is InChI=1S/C34H38N4O4/c1-23-8-15-31(33(39)36-23)38-21-26-18-28(13-14-29(26)34(38)40)42-32-22-37(20-25-9-11-27(41-2)12-10-25)17-16-30(32)35-19-24-6-4-3-5-7-24/h3-7,9-14,18,30-32,35H,1,8,15-17,19-22H2,2H3,(H,36,39). The summed E-state index contributed by atoms with van der Waals surface area (Å²) in [5.74, 6) is 1.34. The Balaban J connectivity index is 1.16. The number of hydrogen-bond donors (Lipinski definition) is 2. The number of hydrogen-bond acceptors (Lipinski definition) is 6. The minimum Gasteiger partial charge on any atom is -0.497 e. The molecule has 3 aliphatic heterocycles. The first-order valence-corrected chi connectivity index (χ1v) is 14.7. The van der Waals surface area contributed by atoms with Crippen LogP contribution in [0.4, 0.5) is 0 Å². The first kappa shape index (κ1) is 28.0. The van der Waals surface area contributed by atoms with E-state index in [0.29, 0.717) is 30.6 Å². The van der Waals surface area contributed by atoms with Crippen molar-refractivity contribution in [2.45, 2.75) is 57.1 Å². The largest absolute Gasteiger partial charge is 0.497 e. The first-order valence-electron chi connectivity index (χ1n) is 14.7. The number of amides is 2. The van der Waals surface area contributed by atoms with E-state index in [0.717, 1.165) is 49.7 Å². The molecule has 42 heavy (non-hydrogen) atoms. The van der Waals surface area contributed by atoms with Crippen LogP contribution in [0.5, 0.6) is 11.5 Å². The van der Waals surface area contributed by atoms with Crippen molar-refractivity contribution in [1.29, 1.82) is 0 Å². The molecule has 0 aromatic heterocycles. The van der Waals surface area contributed by atoms with Crippen LogP contribution in [0.3, 0.4) is 0 Å². The van der Waals surface area contributed by atoms with Crippen molar-refractivity contribution in [2.75, 3.05) is 20.2 Å². The number of ether oxygens (including phenoxy) is 2. The van der Waals surface area contributed by atoms with E-state index in [1.54, 1.807) is 12.0 Å². The molecule has 0 saturated carbocycles. The fourth-order valence-electron chi connectivity index (χ4n) is 6.19. The lowest BCUT2D eigenvalue weighted by molar-refractivity contribution is -0.126. The van der Waals surface area contributed by atoms with Crippen molar-refractivity contribution in [3.05, 3.63) is 107 Å². The molecule has 0 bridgehead atoms. The normalized spacial score (nSPS) is 22.5. The van der Waals surface area contributed by atoms with Gasteiger partial charge in [0.15, 0.2) is 0 Å². The van der Waals surface area contributed by atoms with Crippen LogP contribution in [0.2, 0.25) is 0 Å². The molecule has 2 N–H and O–H groups in total. The van der Waals surface area contributed by atoms with Crippen LogP contribution in [0.1, 0.15) is 46.3 Å². The maximum absolute atomic E-state index is 13.2. The van der Waals surface area contributed by atoms with Crippen molar-refractivity contribution in [1.82, 2.24) is 20.4 Å². The topological polar surface area (TPSA) is 83.1 Å². The molecule has 2 amide bonds. The SMILES string of the molecule is C=C1CCC(N2Cc3cc(OC4CN(Cc5ccc(OC)cc5)CCC4NCc4ccccc4)ccc3C2=O)C(=O)N1. The quantitative estimate of drug-likeness (QED) is 0.403. The van der Waals surface area contributed by atoms with Crippen molar-refractivity contribution in [3.8, 4) is 11.5 Å². The maximum Gasteiger partial charge on any atom is 0.255 e. The number of carbonyl (C=O) groups excluding carboxylic acids is 2. The van der Waals surface area contributed by atoms with Crippen LogP contribution < -0.4 is 20.1 Å². The zero-order valence-electron chi connectivity index (χ0n) is 24.1. The molecule has 8 nitrogen and oxygen atoms in total. The second-order valence-corrected chi connectivity index (χ2v) is 11.4. The summed E-state index contributed by atoms with van der Waals surface area (Å²) < 4.78 is 12.0. The molecule has 3 atom stereocenters. The van der Waals surface area contributed by atoms with Gasteiger partial charge in [0.1, 0.15) is 23.6 Å². The summed E-state index contributed by atoms with van der Waals surface area (Å²) in [4.78, 5) is 29.9. The molecule has 2 saturated heterocycles. The molecule has 8 heteroatoms. The van der Waals surface area contributed by atoms with E-state index in [2.05, 4.69) is 58.5 Å². The van der Waals surface area contributed by atoms with E-state index in [4.69, 9.17) is 9.47 Å². The number of methoxy groups -OCH3 is 1. The molecule has 6 rings (SSSR count). The summed E-state index contributed by atoms with van der Waals surface area (Å²) in [7, 11) is 1.68. The predicted octanol–water partition coefficient (Wildman–Crippen LogP) is 4.26. The molecular formula is C34H38N4O4. The predicted molar refractivity (Wildman–Crippen MR) is 161 cm³/mol. The Labute approximate surface area is 247 Å². The lowest BCUT2D eigenvalue weighted by Crippen LogP contribution is -2.54. The molecule has 3 aliphatic rings. The van der Waals surface area contributed by atoms with E-state index in [1.807, 2.05) is 36.4 Å². The van der Waals surface area contributed by atoms with Gasteiger partial charge in [0.05, 0.1) is 7.11 Å². The second kappa shape index (κ2) is 12.4. The van der Waals surface area contributed by atoms with Crippen LogP contribution >= 0.6 is 0 Å². The van der Waals surface area contributed by atoms with Gasteiger partial charge in [-0.15, -0.1) is 0 Å². The number of carbonyl (C=O) groups is 2. The van der Waals surface area contributed by atoms with Gasteiger partial charge >= 0.3 is 0 Å². The van der Waals surface area contributed by atoms with Gasteiger partial charge < -0.3 is 25.0 Å². The van der Waals surface area contributed by atoms with Gasteiger partial charge in [-0.05, 0) is 66.3 Å². The molecule has 0 radical (unpaired) electrons. The Kier molecular flexibility index (Phi) is 8.26. The van der Waals surface area contributed by atoms with Crippen LogP contribution in [0.25, 0.3) is 0 Å². The van der Waals surface area contributed by atoms with E-state index in [-0.39, 0.29) is 24.0 Å². The molecule has 218 valence electrons. The summed E-state index contributed by atoms with van der Waals surface area (Å²) in [6, 6.07) is 24.0. The Hall–Kier alpha value is -4.14. The van der Waals surface area contributed by atoms with Gasteiger partial charge in [-0.2, -0.15) is 0 Å². The highest BCUT2D eigenvalue weighted by Gasteiger charge is 2.38. The Morgan fingerprint density at radius 1 is 0.976 bits per heavy atom. The van der Waals surface area contributed by atoms with Gasteiger partial charge in [0.2, 0.25) is 5.91 Å². The van der Waals surface area contributed by atoms with Gasteiger partial charge in [-0.1, -0.05) is 49.0 Å². The van der Waals surface area contributed by atoms with E-state index in [9.17, 15) is 9.59 Å². The lowest BCUT2D eigenvalue weighted by Gasteiger charge is -2.39. The molecule has 2 fully saturated rings. The lowest BCUT2D eigenvalue weighted by atomic mass is 10.00. The summed E-state index contributed by atoms with van der Waals surface area (Å²) in [6.07, 6.45) is 2.14. The molecule has 3 aromatic carbocycles. The average Bonchev–Trinajstić information content (AvgIpc) is 3.32. The number of nitrogens with zero attached hydrogens (tertiary/aromatic N) is 2. The third kappa shape index (κ3) is 6.20. The number of nitrogens with one attached hydrogen (secondary N) is 2. The van der Waals surface area contributed by atoms with Gasteiger partial charge in [-0.3, -0.25) is 14.5 Å². The number of fused-ring (bicyclic) bond motifs is 1. The maximum atomic E-state index is 13.2. The number of benzene rings is 3. The summed E-state index contributed by atoms with van der Waals surface area (Å²) in [5.41, 5.74) is 4.72. The van der Waals surface area contributed by atoms with Crippen LogP contribution in [0.15, 0.2) is 85.1 Å². The Bertz CT molecular complexity index is 1440. The fourth-order valence-corrected chi connectivity index (χ4v) is 6.19. The summed E-state index contributed by atoms with van der Waals surface area (Å²) in [5, 5.41) is 6.55. The van der Waals surface area contributed by atoms with Gasteiger partial charge in [0, 0.05) is 50.0 Å². The highest BCUT2D eigenvalue weighted by atomic mass is 16.5. The van der Waals surface area contributed by atoms with E-state index in [1.165, 1.54) is 11.1 Å². The zero-order chi connectivity index (χ0) is 29.1. The van der Waals surface area contributed by atoms with Crippen LogP contribution in [0, 0.1) is 0 Å². The molecule has 3 aromatic rings. The highest BCUT2D eigenvalue weighted by Crippen LogP contribution is 2.32. The van der Waals surface area contributed by atoms with Gasteiger partial charge in [-0.25, -0.2) is 0 Å². The molecule has 3 heterocycles. The number of rotatable bonds is 9. The van der Waals surface area contributed by atoms with Crippen molar-refractivity contribution < 1.29 is 19.1 Å². The summed E-state index contributed by atoms with van der Waals surface area (Å²) in [6.45, 7) is 7.59. The molecule has 0 spiro atoms. The zero-order valence-corrected chi connectivity index (χ0v) is 24.1. The van der Waals surface area contributed by atoms with Crippen LogP contribution in [-0.2, 0) is 24.4 Å². The van der Waals surface area contributed by atoms with E-state index < -0.39 is 6.04 Å². The van der Waals surface area contributed by atoms with Gasteiger partial charge in [0.25, 0.3) is 5.91 Å². The first-order chi connectivity index (χ1) is 20.5. The third-order valence-electron chi connectivity index (χ3n) is 8.51. The van der Waals surface area contributed by atoms with Crippen molar-refractivity contribution >= 4 is 11.8 Å². The summed E-state index contributed by atoms with van der Waals surface area (Å²) >= 11 is 0. The minimum absolute atomic E-state index is 0.0814. The van der Waals surface area contributed by atoms with Crippen molar-refractivity contribution in [2.24, 2.45) is 0 Å². The smallest absolute Gasteiger partial charge is 0.255 e. The molecule has 0 aliphatic carbocycles. The monoisotopic (exact) mass is 566 g/mol. The molecule has 3 unspecified atom stereocenters. The fraction of sp³-hybridized carbons (Fsp3) is 0.353. The average molecular weight is 567 g/mol. The van der Waals surface area contributed by atoms with Crippen molar-refractivity contribution in [3.63, 3.8) is 0 Å². The highest BCUT2D eigenvalue weighted by molar-refractivity contribution is 6.01. The van der Waals surface area contributed by atoms with Crippen LogP contribution in [-0.4, -0.2) is 60.0 Å². The number of piperidine rings is 2. The Morgan fingerprint density at radius 3 is 2.52 bits per heavy atom. The number of allylic oxidation sites excluding steroid dienone is 1. The van der Waals surface area contributed by atoms with E-state index >= 15 is 0 Å². The molecular weight excluding hydrogens is 528 g/mol. The number of likely N-dealkylation sites (tertiary alicyclic amines) is 1. The second-order valence-electron chi connectivity index (χ2n) is 11.4. The minimum atomic E-state index is -0.476.